The summed E-state index contributed by atoms with van der Waals surface area (Å²) in [6.45, 7) is 1.05. The number of furan rings is 1. The summed E-state index contributed by atoms with van der Waals surface area (Å²) in [7, 11) is 1.78. The number of amides is 1. The number of hydrogen-bond acceptors (Lipinski definition) is 3. The maximum absolute atomic E-state index is 11.9. The normalized spacial score (nSPS) is 10.2. The summed E-state index contributed by atoms with van der Waals surface area (Å²) in [6.07, 6.45) is 2.79. The number of nitrogens with zero attached hydrogens (tertiary/aromatic N) is 1. The quantitative estimate of drug-likeness (QED) is 0.728. The molecule has 20 heavy (non-hydrogen) atoms. The highest BCUT2D eigenvalue weighted by Gasteiger charge is 2.10. The van der Waals surface area contributed by atoms with E-state index in [2.05, 4.69) is 0 Å². The summed E-state index contributed by atoms with van der Waals surface area (Å²) in [5.74, 6) is 1.73. The third-order valence-electron chi connectivity index (χ3n) is 2.95. The zero-order valence-electron chi connectivity index (χ0n) is 11.6. The second kappa shape index (κ2) is 7.38. The van der Waals surface area contributed by atoms with E-state index >= 15 is 0 Å². The fourth-order valence-electron chi connectivity index (χ4n) is 1.85. The highest BCUT2D eigenvalue weighted by Crippen LogP contribution is 2.10. The predicted octanol–water partition coefficient (Wildman–Crippen LogP) is 3.10. The van der Waals surface area contributed by atoms with Crippen molar-refractivity contribution >= 4 is 5.91 Å². The van der Waals surface area contributed by atoms with Gasteiger partial charge in [-0.3, -0.25) is 4.79 Å². The van der Waals surface area contributed by atoms with Gasteiger partial charge in [0.1, 0.15) is 11.5 Å². The Morgan fingerprint density at radius 3 is 2.70 bits per heavy atom. The third kappa shape index (κ3) is 4.46. The Labute approximate surface area is 119 Å². The molecule has 2 aromatic rings. The highest BCUT2D eigenvalue weighted by molar-refractivity contribution is 5.75. The van der Waals surface area contributed by atoms with Crippen molar-refractivity contribution in [2.75, 3.05) is 13.7 Å². The van der Waals surface area contributed by atoms with Gasteiger partial charge in [0.05, 0.1) is 19.4 Å². The van der Waals surface area contributed by atoms with E-state index in [9.17, 15) is 4.79 Å². The molecule has 0 fully saturated rings. The van der Waals surface area contributed by atoms with Gasteiger partial charge < -0.3 is 14.1 Å². The zero-order valence-corrected chi connectivity index (χ0v) is 11.6. The minimum absolute atomic E-state index is 0.0954. The standard InChI is InChI=1S/C16H19NO3/c1-17(13-15-9-5-11-20-15)16(18)10-6-12-19-14-7-3-2-4-8-14/h2-5,7-9,11H,6,10,12-13H2,1H3. The molecule has 1 aromatic carbocycles. The van der Waals surface area contributed by atoms with Crippen molar-refractivity contribution in [3.8, 4) is 5.75 Å². The molecule has 1 amide bonds. The first kappa shape index (κ1) is 14.2. The van der Waals surface area contributed by atoms with Crippen molar-refractivity contribution in [3.63, 3.8) is 0 Å². The lowest BCUT2D eigenvalue weighted by Gasteiger charge is -2.15. The summed E-state index contributed by atoms with van der Waals surface area (Å²) < 4.78 is 10.8. The van der Waals surface area contributed by atoms with Crippen LogP contribution in [0.5, 0.6) is 5.75 Å². The fourth-order valence-corrected chi connectivity index (χ4v) is 1.85. The third-order valence-corrected chi connectivity index (χ3v) is 2.95. The van der Waals surface area contributed by atoms with Gasteiger partial charge in [-0.05, 0) is 30.7 Å². The predicted molar refractivity (Wildman–Crippen MR) is 76.4 cm³/mol. The topological polar surface area (TPSA) is 42.7 Å². The van der Waals surface area contributed by atoms with Crippen LogP contribution in [-0.2, 0) is 11.3 Å². The van der Waals surface area contributed by atoms with Crippen molar-refractivity contribution in [2.45, 2.75) is 19.4 Å². The molecule has 4 nitrogen and oxygen atoms in total. The zero-order chi connectivity index (χ0) is 14.2. The van der Waals surface area contributed by atoms with Gasteiger partial charge in [-0.15, -0.1) is 0 Å². The molecule has 0 saturated carbocycles. The van der Waals surface area contributed by atoms with Gasteiger partial charge in [-0.1, -0.05) is 18.2 Å². The molecule has 0 spiro atoms. The van der Waals surface area contributed by atoms with E-state index in [0.29, 0.717) is 26.0 Å². The molecule has 0 N–H and O–H groups in total. The van der Waals surface area contributed by atoms with Crippen LogP contribution in [0, 0.1) is 0 Å². The Bertz CT molecular complexity index is 508. The minimum atomic E-state index is 0.0954. The second-order valence-corrected chi connectivity index (χ2v) is 4.59. The van der Waals surface area contributed by atoms with Gasteiger partial charge in [0.25, 0.3) is 0 Å². The molecule has 1 heterocycles. The van der Waals surface area contributed by atoms with E-state index in [1.807, 2.05) is 42.5 Å². The van der Waals surface area contributed by atoms with Gasteiger partial charge in [0.2, 0.25) is 5.91 Å². The van der Waals surface area contributed by atoms with Gasteiger partial charge in [0.15, 0.2) is 0 Å². The lowest BCUT2D eigenvalue weighted by Crippen LogP contribution is -2.26. The van der Waals surface area contributed by atoms with Crippen LogP contribution >= 0.6 is 0 Å². The smallest absolute Gasteiger partial charge is 0.222 e. The van der Waals surface area contributed by atoms with Crippen LogP contribution in [0.2, 0.25) is 0 Å². The Balaban J connectivity index is 1.65. The molecule has 0 bridgehead atoms. The number of carbonyl (C=O) groups is 1. The van der Waals surface area contributed by atoms with Crippen LogP contribution in [0.25, 0.3) is 0 Å². The first-order valence-electron chi connectivity index (χ1n) is 6.70. The lowest BCUT2D eigenvalue weighted by atomic mass is 10.3. The average Bonchev–Trinajstić information content (AvgIpc) is 2.97. The van der Waals surface area contributed by atoms with E-state index in [-0.39, 0.29) is 5.91 Å². The molecule has 0 radical (unpaired) electrons. The number of carbonyl (C=O) groups excluding carboxylic acids is 1. The number of para-hydroxylation sites is 1. The molecule has 0 unspecified atom stereocenters. The first-order chi connectivity index (χ1) is 9.75. The SMILES string of the molecule is CN(Cc1ccco1)C(=O)CCCOc1ccccc1. The largest absolute Gasteiger partial charge is 0.494 e. The summed E-state index contributed by atoms with van der Waals surface area (Å²) >= 11 is 0. The van der Waals surface area contributed by atoms with Crippen molar-refractivity contribution in [1.82, 2.24) is 4.90 Å². The van der Waals surface area contributed by atoms with Crippen LogP contribution < -0.4 is 4.74 Å². The van der Waals surface area contributed by atoms with Crippen molar-refractivity contribution in [3.05, 3.63) is 54.5 Å². The number of benzene rings is 1. The molecule has 2 rings (SSSR count). The van der Waals surface area contributed by atoms with Gasteiger partial charge >= 0.3 is 0 Å². The molecule has 0 saturated heterocycles. The Morgan fingerprint density at radius 1 is 1.20 bits per heavy atom. The summed E-state index contributed by atoms with van der Waals surface area (Å²) in [4.78, 5) is 13.6. The second-order valence-electron chi connectivity index (χ2n) is 4.59. The molecule has 0 aliphatic carbocycles. The first-order valence-corrected chi connectivity index (χ1v) is 6.70. The van der Waals surface area contributed by atoms with Crippen molar-refractivity contribution < 1.29 is 13.9 Å². The monoisotopic (exact) mass is 273 g/mol. The van der Waals surface area contributed by atoms with Crippen LogP contribution in [0.15, 0.2) is 53.1 Å². The van der Waals surface area contributed by atoms with Crippen LogP contribution in [0.4, 0.5) is 0 Å². The summed E-state index contributed by atoms with van der Waals surface area (Å²) in [5, 5.41) is 0. The maximum atomic E-state index is 11.9. The minimum Gasteiger partial charge on any atom is -0.494 e. The molecule has 0 atom stereocenters. The van der Waals surface area contributed by atoms with E-state index in [4.69, 9.17) is 9.15 Å². The lowest BCUT2D eigenvalue weighted by molar-refractivity contribution is -0.130. The number of rotatable bonds is 7. The molecule has 106 valence electrons. The molecular weight excluding hydrogens is 254 g/mol. The van der Waals surface area contributed by atoms with Crippen molar-refractivity contribution in [2.24, 2.45) is 0 Å². The molecule has 4 heteroatoms. The van der Waals surface area contributed by atoms with Crippen LogP contribution in [-0.4, -0.2) is 24.5 Å². The number of hydrogen-bond donors (Lipinski definition) is 0. The Hall–Kier alpha value is -2.23. The van der Waals surface area contributed by atoms with Crippen molar-refractivity contribution in [1.29, 1.82) is 0 Å². The summed E-state index contributed by atoms with van der Waals surface area (Å²) in [5.41, 5.74) is 0. The molecular formula is C16H19NO3. The van der Waals surface area contributed by atoms with E-state index < -0.39 is 0 Å². The Morgan fingerprint density at radius 2 is 2.00 bits per heavy atom. The van der Waals surface area contributed by atoms with Crippen LogP contribution in [0.1, 0.15) is 18.6 Å². The molecule has 0 aliphatic rings. The highest BCUT2D eigenvalue weighted by atomic mass is 16.5. The van der Waals surface area contributed by atoms with Crippen LogP contribution in [0.3, 0.4) is 0 Å². The Kier molecular flexibility index (Phi) is 5.24. The molecule has 1 aromatic heterocycles. The molecule has 0 aliphatic heterocycles. The average molecular weight is 273 g/mol. The van der Waals surface area contributed by atoms with Gasteiger partial charge in [-0.25, -0.2) is 0 Å². The maximum Gasteiger partial charge on any atom is 0.222 e. The number of ether oxygens (including phenoxy) is 1. The van der Waals surface area contributed by atoms with E-state index in [1.165, 1.54) is 0 Å². The fraction of sp³-hybridized carbons (Fsp3) is 0.312. The van der Waals surface area contributed by atoms with Gasteiger partial charge in [0, 0.05) is 13.5 Å². The van der Waals surface area contributed by atoms with E-state index in [1.54, 1.807) is 18.2 Å². The summed E-state index contributed by atoms with van der Waals surface area (Å²) in [6, 6.07) is 13.3. The van der Waals surface area contributed by atoms with Gasteiger partial charge in [-0.2, -0.15) is 0 Å². The van der Waals surface area contributed by atoms with E-state index in [0.717, 1.165) is 11.5 Å².